The van der Waals surface area contributed by atoms with E-state index in [2.05, 4.69) is 9.47 Å². The van der Waals surface area contributed by atoms with E-state index in [0.29, 0.717) is 12.1 Å². The third-order valence-electron chi connectivity index (χ3n) is 2.71. The Bertz CT molecular complexity index is 607. The molecule has 0 radical (unpaired) electrons. The van der Waals surface area contributed by atoms with Gasteiger partial charge in [0.2, 0.25) is 0 Å². The number of hydrogen-bond acceptors (Lipinski definition) is 8. The van der Waals surface area contributed by atoms with Gasteiger partial charge in [-0.1, -0.05) is 0 Å². The third kappa shape index (κ3) is 4.51. The molecule has 1 aromatic carbocycles. The van der Waals surface area contributed by atoms with E-state index in [4.69, 9.17) is 20.4 Å². The van der Waals surface area contributed by atoms with E-state index in [-0.39, 0.29) is 0 Å². The summed E-state index contributed by atoms with van der Waals surface area (Å²) in [7, 11) is 0. The van der Waals surface area contributed by atoms with Crippen LogP contribution < -0.4 is 0 Å². The van der Waals surface area contributed by atoms with Gasteiger partial charge in [0.1, 0.15) is 13.2 Å². The lowest BCUT2D eigenvalue weighted by Gasteiger charge is -2.12. The number of aliphatic hydroxyl groups is 2. The van der Waals surface area contributed by atoms with E-state index >= 15 is 0 Å². The highest BCUT2D eigenvalue weighted by atomic mass is 16.5. The maximum Gasteiger partial charge on any atom is 0.339 e. The Hall–Kier alpha value is -2.98. The number of benzene rings is 1. The minimum atomic E-state index is -1.63. The third-order valence-corrected chi connectivity index (χ3v) is 2.71. The highest BCUT2D eigenvalue weighted by Gasteiger charge is 2.27. The molecule has 0 spiro atoms. The van der Waals surface area contributed by atoms with Crippen LogP contribution in [-0.2, 0) is 9.47 Å². The molecule has 1 aromatic rings. The first-order chi connectivity index (χ1) is 11.3. The Kier molecular flexibility index (Phi) is 6.83. The summed E-state index contributed by atoms with van der Waals surface area (Å²) in [5.41, 5.74) is -2.52. The fraction of sp³-hybridized carbons (Fsp3) is 0.286. The van der Waals surface area contributed by atoms with Crippen molar-refractivity contribution in [2.45, 2.75) is 0 Å². The molecular weight excluding hydrogens is 328 g/mol. The summed E-state index contributed by atoms with van der Waals surface area (Å²) in [5.74, 6) is -5.53. The Morgan fingerprint density at radius 1 is 0.708 bits per heavy atom. The van der Waals surface area contributed by atoms with Gasteiger partial charge >= 0.3 is 23.9 Å². The molecular formula is C14H14O10. The van der Waals surface area contributed by atoms with Crippen molar-refractivity contribution in [3.63, 3.8) is 0 Å². The fourth-order valence-corrected chi connectivity index (χ4v) is 1.72. The SMILES string of the molecule is O=C(O)c1cc(C(=O)OCCO)c(C(=O)OCCO)cc1C(=O)O. The lowest BCUT2D eigenvalue weighted by molar-refractivity contribution is 0.0388. The predicted octanol–water partition coefficient (Wildman–Crippen LogP) is -0.619. The predicted molar refractivity (Wildman–Crippen MR) is 75.1 cm³/mol. The second-order valence-corrected chi connectivity index (χ2v) is 4.27. The molecule has 1 rings (SSSR count). The molecule has 24 heavy (non-hydrogen) atoms. The van der Waals surface area contributed by atoms with Crippen LogP contribution in [0.5, 0.6) is 0 Å². The zero-order chi connectivity index (χ0) is 18.3. The molecule has 0 saturated carbocycles. The summed E-state index contributed by atoms with van der Waals surface area (Å²) >= 11 is 0. The first-order valence-corrected chi connectivity index (χ1v) is 6.54. The molecule has 0 amide bonds. The van der Waals surface area contributed by atoms with Crippen LogP contribution in [0, 0.1) is 0 Å². The van der Waals surface area contributed by atoms with Crippen molar-refractivity contribution in [1.29, 1.82) is 0 Å². The summed E-state index contributed by atoms with van der Waals surface area (Å²) in [6.45, 7) is -1.83. The van der Waals surface area contributed by atoms with Gasteiger partial charge in [0.05, 0.1) is 35.5 Å². The Labute approximate surface area is 134 Å². The van der Waals surface area contributed by atoms with Crippen LogP contribution >= 0.6 is 0 Å². The molecule has 0 unspecified atom stereocenters. The van der Waals surface area contributed by atoms with Crippen molar-refractivity contribution in [1.82, 2.24) is 0 Å². The van der Waals surface area contributed by atoms with Crippen molar-refractivity contribution in [3.05, 3.63) is 34.4 Å². The van der Waals surface area contributed by atoms with E-state index in [9.17, 15) is 19.2 Å². The molecule has 4 N–H and O–H groups in total. The minimum Gasteiger partial charge on any atom is -0.478 e. The van der Waals surface area contributed by atoms with Gasteiger partial charge in [-0.05, 0) is 12.1 Å². The number of esters is 2. The molecule has 0 aliphatic rings. The summed E-state index contributed by atoms with van der Waals surface area (Å²) in [4.78, 5) is 46.2. The Balaban J connectivity index is 3.47. The average molecular weight is 342 g/mol. The van der Waals surface area contributed by atoms with Gasteiger partial charge in [0, 0.05) is 0 Å². The van der Waals surface area contributed by atoms with E-state index in [1.807, 2.05) is 0 Å². The van der Waals surface area contributed by atoms with Crippen LogP contribution in [0.2, 0.25) is 0 Å². The molecule has 10 heteroatoms. The largest absolute Gasteiger partial charge is 0.478 e. The molecule has 0 atom stereocenters. The van der Waals surface area contributed by atoms with Gasteiger partial charge in [0.15, 0.2) is 0 Å². The summed E-state index contributed by atoms with van der Waals surface area (Å²) < 4.78 is 9.24. The monoisotopic (exact) mass is 342 g/mol. The molecule has 10 nitrogen and oxygen atoms in total. The number of carboxylic acids is 2. The number of hydrogen-bond donors (Lipinski definition) is 4. The van der Waals surface area contributed by atoms with Crippen molar-refractivity contribution >= 4 is 23.9 Å². The molecule has 0 aliphatic carbocycles. The molecule has 0 heterocycles. The maximum absolute atomic E-state index is 11.9. The maximum atomic E-state index is 11.9. The van der Waals surface area contributed by atoms with Crippen molar-refractivity contribution < 1.29 is 49.1 Å². The zero-order valence-electron chi connectivity index (χ0n) is 12.2. The van der Waals surface area contributed by atoms with Gasteiger partial charge in [0.25, 0.3) is 0 Å². The molecule has 130 valence electrons. The number of carbonyl (C=O) groups excluding carboxylic acids is 2. The molecule has 0 saturated heterocycles. The number of ether oxygens (including phenoxy) is 2. The van der Waals surface area contributed by atoms with Gasteiger partial charge in [-0.15, -0.1) is 0 Å². The highest BCUT2D eigenvalue weighted by Crippen LogP contribution is 2.20. The minimum absolute atomic E-state index is 0.410. The zero-order valence-corrected chi connectivity index (χ0v) is 12.2. The van der Waals surface area contributed by atoms with Crippen LogP contribution in [0.25, 0.3) is 0 Å². The second kappa shape index (κ2) is 8.60. The first-order valence-electron chi connectivity index (χ1n) is 6.54. The van der Waals surface area contributed by atoms with Crippen molar-refractivity contribution in [2.24, 2.45) is 0 Å². The average Bonchev–Trinajstić information content (AvgIpc) is 2.55. The Morgan fingerprint density at radius 2 is 1.04 bits per heavy atom. The first kappa shape index (κ1) is 19.1. The summed E-state index contributed by atoms with van der Waals surface area (Å²) in [6.07, 6.45) is 0. The van der Waals surface area contributed by atoms with Crippen molar-refractivity contribution in [2.75, 3.05) is 26.4 Å². The topological polar surface area (TPSA) is 168 Å². The molecule has 0 aliphatic heterocycles. The van der Waals surface area contributed by atoms with E-state index < -0.39 is 72.6 Å². The number of rotatable bonds is 8. The van der Waals surface area contributed by atoms with E-state index in [0.717, 1.165) is 0 Å². The molecule has 0 fully saturated rings. The van der Waals surface area contributed by atoms with Crippen LogP contribution in [0.1, 0.15) is 41.4 Å². The fourth-order valence-electron chi connectivity index (χ4n) is 1.72. The van der Waals surface area contributed by atoms with Crippen LogP contribution in [0.4, 0.5) is 0 Å². The molecule has 0 aromatic heterocycles. The lowest BCUT2D eigenvalue weighted by atomic mass is 9.98. The second-order valence-electron chi connectivity index (χ2n) is 4.27. The summed E-state index contributed by atoms with van der Waals surface area (Å²) in [5, 5.41) is 35.4. The Morgan fingerprint density at radius 3 is 1.29 bits per heavy atom. The number of aliphatic hydroxyl groups excluding tert-OH is 2. The standard InChI is InChI=1S/C14H14O10/c15-1-3-23-13(21)9-5-7(11(17)18)8(12(19)20)6-10(9)14(22)24-4-2-16/h5-6,15-16H,1-4H2,(H,17,18)(H,19,20). The van der Waals surface area contributed by atoms with Crippen LogP contribution in [0.15, 0.2) is 12.1 Å². The van der Waals surface area contributed by atoms with Gasteiger partial charge < -0.3 is 29.9 Å². The van der Waals surface area contributed by atoms with Gasteiger partial charge in [-0.25, -0.2) is 19.2 Å². The quantitative estimate of drug-likeness (QED) is 0.447. The highest BCUT2D eigenvalue weighted by molar-refractivity contribution is 6.09. The van der Waals surface area contributed by atoms with Crippen LogP contribution in [-0.4, -0.2) is 70.7 Å². The van der Waals surface area contributed by atoms with Crippen LogP contribution in [0.3, 0.4) is 0 Å². The molecule has 0 bridgehead atoms. The van der Waals surface area contributed by atoms with E-state index in [1.165, 1.54) is 0 Å². The number of aromatic carboxylic acids is 2. The van der Waals surface area contributed by atoms with Crippen molar-refractivity contribution in [3.8, 4) is 0 Å². The van der Waals surface area contributed by atoms with E-state index in [1.54, 1.807) is 0 Å². The number of carboxylic acid groups (broad SMARTS) is 2. The summed E-state index contributed by atoms with van der Waals surface area (Å²) in [6, 6.07) is 1.36. The lowest BCUT2D eigenvalue weighted by Crippen LogP contribution is -2.20. The van der Waals surface area contributed by atoms with Gasteiger partial charge in [-0.3, -0.25) is 0 Å². The number of carbonyl (C=O) groups is 4. The smallest absolute Gasteiger partial charge is 0.339 e. The van der Waals surface area contributed by atoms with Gasteiger partial charge in [-0.2, -0.15) is 0 Å². The normalized spacial score (nSPS) is 10.1.